The van der Waals surface area contributed by atoms with Crippen LogP contribution in [-0.2, 0) is 4.74 Å². The number of nitrogens with zero attached hydrogens (tertiary/aromatic N) is 2. The molecule has 1 amide bonds. The van der Waals surface area contributed by atoms with Crippen LogP contribution >= 0.6 is 11.6 Å². The molecule has 0 radical (unpaired) electrons. The summed E-state index contributed by atoms with van der Waals surface area (Å²) in [5.74, 6) is 1.26. The standard InChI is InChI=1S/C15H19ClN2O2/c1-9(2)10-3-13(16)14(17-4-10)15(19)18-5-11-7-20-8-12(11)6-18/h3-4,9,11-12H,5-8H2,1-2H3/t11-,12+. The molecule has 108 valence electrons. The number of rotatable bonds is 2. The fourth-order valence-electron chi connectivity index (χ4n) is 2.93. The smallest absolute Gasteiger partial charge is 0.274 e. The van der Waals surface area contributed by atoms with Gasteiger partial charge in [0.15, 0.2) is 0 Å². The lowest BCUT2D eigenvalue weighted by Crippen LogP contribution is -2.31. The lowest BCUT2D eigenvalue weighted by Gasteiger charge is -2.18. The van der Waals surface area contributed by atoms with Crippen LogP contribution in [0.25, 0.3) is 0 Å². The van der Waals surface area contributed by atoms with Gasteiger partial charge in [0.1, 0.15) is 5.69 Å². The number of aromatic nitrogens is 1. The van der Waals surface area contributed by atoms with Gasteiger partial charge in [-0.05, 0) is 17.5 Å². The Morgan fingerprint density at radius 3 is 2.60 bits per heavy atom. The molecule has 0 saturated carbocycles. The molecule has 2 aliphatic heterocycles. The van der Waals surface area contributed by atoms with Crippen LogP contribution in [0.15, 0.2) is 12.3 Å². The largest absolute Gasteiger partial charge is 0.381 e. The van der Waals surface area contributed by atoms with E-state index in [4.69, 9.17) is 16.3 Å². The molecule has 0 bridgehead atoms. The van der Waals surface area contributed by atoms with E-state index in [0.717, 1.165) is 31.9 Å². The lowest BCUT2D eigenvalue weighted by atomic mass is 10.0. The highest BCUT2D eigenvalue weighted by Gasteiger charge is 2.39. The molecule has 1 aromatic heterocycles. The molecular weight excluding hydrogens is 276 g/mol. The molecule has 20 heavy (non-hydrogen) atoms. The topological polar surface area (TPSA) is 42.4 Å². The van der Waals surface area contributed by atoms with Gasteiger partial charge in [-0.2, -0.15) is 0 Å². The molecule has 4 nitrogen and oxygen atoms in total. The van der Waals surface area contributed by atoms with E-state index >= 15 is 0 Å². The summed E-state index contributed by atoms with van der Waals surface area (Å²) in [6.45, 7) is 7.21. The quantitative estimate of drug-likeness (QED) is 0.842. The molecule has 0 aromatic carbocycles. The van der Waals surface area contributed by atoms with Crippen molar-refractivity contribution < 1.29 is 9.53 Å². The fraction of sp³-hybridized carbons (Fsp3) is 0.600. The molecule has 0 N–H and O–H groups in total. The van der Waals surface area contributed by atoms with Gasteiger partial charge in [-0.25, -0.2) is 4.98 Å². The molecule has 2 aliphatic rings. The Bertz CT molecular complexity index is 521. The maximum absolute atomic E-state index is 12.5. The predicted molar refractivity (Wildman–Crippen MR) is 77.0 cm³/mol. The third-order valence-electron chi connectivity index (χ3n) is 4.26. The Hall–Kier alpha value is -1.13. The predicted octanol–water partition coefficient (Wildman–Crippen LogP) is 2.58. The van der Waals surface area contributed by atoms with Crippen molar-refractivity contribution in [1.82, 2.24) is 9.88 Å². The Labute approximate surface area is 124 Å². The minimum absolute atomic E-state index is 0.0558. The fourth-order valence-corrected chi connectivity index (χ4v) is 3.18. The third-order valence-corrected chi connectivity index (χ3v) is 4.55. The van der Waals surface area contributed by atoms with Crippen LogP contribution in [0.2, 0.25) is 5.02 Å². The Morgan fingerprint density at radius 1 is 1.40 bits per heavy atom. The number of hydrogen-bond donors (Lipinski definition) is 0. The average Bonchev–Trinajstić information content (AvgIpc) is 2.98. The van der Waals surface area contributed by atoms with E-state index in [1.165, 1.54) is 0 Å². The van der Waals surface area contributed by atoms with Crippen LogP contribution in [0.1, 0.15) is 35.8 Å². The Morgan fingerprint density at radius 2 is 2.05 bits per heavy atom. The number of pyridine rings is 1. The molecule has 2 atom stereocenters. The van der Waals surface area contributed by atoms with Crippen LogP contribution in [0.4, 0.5) is 0 Å². The van der Waals surface area contributed by atoms with E-state index in [0.29, 0.717) is 28.5 Å². The van der Waals surface area contributed by atoms with Gasteiger partial charge in [0.25, 0.3) is 5.91 Å². The zero-order chi connectivity index (χ0) is 14.3. The highest BCUT2D eigenvalue weighted by atomic mass is 35.5. The summed E-state index contributed by atoms with van der Waals surface area (Å²) >= 11 is 6.23. The van der Waals surface area contributed by atoms with E-state index in [9.17, 15) is 4.79 Å². The average molecular weight is 295 g/mol. The number of carbonyl (C=O) groups is 1. The van der Waals surface area contributed by atoms with Gasteiger partial charge in [0, 0.05) is 31.1 Å². The highest BCUT2D eigenvalue weighted by Crippen LogP contribution is 2.31. The second-order valence-corrected chi connectivity index (χ2v) is 6.43. The van der Waals surface area contributed by atoms with Crippen molar-refractivity contribution in [2.75, 3.05) is 26.3 Å². The minimum atomic E-state index is -0.0558. The van der Waals surface area contributed by atoms with Gasteiger partial charge in [0.05, 0.1) is 18.2 Å². The van der Waals surface area contributed by atoms with Crippen LogP contribution < -0.4 is 0 Å². The molecule has 0 unspecified atom stereocenters. The van der Waals surface area contributed by atoms with Gasteiger partial charge in [-0.15, -0.1) is 0 Å². The summed E-state index contributed by atoms with van der Waals surface area (Å²) in [4.78, 5) is 18.7. The number of amides is 1. The van der Waals surface area contributed by atoms with Crippen molar-refractivity contribution in [3.63, 3.8) is 0 Å². The lowest BCUT2D eigenvalue weighted by molar-refractivity contribution is 0.0745. The monoisotopic (exact) mass is 294 g/mol. The normalized spacial score (nSPS) is 25.3. The highest BCUT2D eigenvalue weighted by molar-refractivity contribution is 6.33. The van der Waals surface area contributed by atoms with Crippen LogP contribution in [0.5, 0.6) is 0 Å². The maximum atomic E-state index is 12.5. The summed E-state index contributed by atoms with van der Waals surface area (Å²) in [5, 5.41) is 0.453. The van der Waals surface area contributed by atoms with Crippen molar-refractivity contribution in [3.05, 3.63) is 28.5 Å². The first-order chi connectivity index (χ1) is 9.56. The van der Waals surface area contributed by atoms with Crippen molar-refractivity contribution >= 4 is 17.5 Å². The van der Waals surface area contributed by atoms with Gasteiger partial charge in [0.2, 0.25) is 0 Å². The molecule has 5 heteroatoms. The first-order valence-electron chi connectivity index (χ1n) is 7.08. The third kappa shape index (κ3) is 2.42. The zero-order valence-corrected chi connectivity index (χ0v) is 12.6. The van der Waals surface area contributed by atoms with E-state index in [1.807, 2.05) is 11.0 Å². The van der Waals surface area contributed by atoms with E-state index in [-0.39, 0.29) is 5.91 Å². The van der Waals surface area contributed by atoms with Gasteiger partial charge >= 0.3 is 0 Å². The number of likely N-dealkylation sites (tertiary alicyclic amines) is 1. The summed E-state index contributed by atoms with van der Waals surface area (Å²) in [6, 6.07) is 1.85. The molecule has 0 aliphatic carbocycles. The van der Waals surface area contributed by atoms with E-state index < -0.39 is 0 Å². The Kier molecular flexibility index (Phi) is 3.69. The first-order valence-corrected chi connectivity index (χ1v) is 7.46. The molecule has 0 spiro atoms. The number of carbonyl (C=O) groups excluding carboxylic acids is 1. The maximum Gasteiger partial charge on any atom is 0.274 e. The molecular formula is C15H19ClN2O2. The number of fused-ring (bicyclic) bond motifs is 1. The van der Waals surface area contributed by atoms with Crippen LogP contribution in [-0.4, -0.2) is 42.1 Å². The second-order valence-electron chi connectivity index (χ2n) is 6.02. The summed E-state index contributed by atoms with van der Waals surface area (Å²) < 4.78 is 5.43. The first kappa shape index (κ1) is 13.8. The molecule has 3 heterocycles. The second kappa shape index (κ2) is 5.34. The molecule has 1 aromatic rings. The number of halogens is 1. The molecule has 2 saturated heterocycles. The Balaban J connectivity index is 1.77. The van der Waals surface area contributed by atoms with Crippen LogP contribution in [0.3, 0.4) is 0 Å². The van der Waals surface area contributed by atoms with Gasteiger partial charge in [-0.1, -0.05) is 25.4 Å². The van der Waals surface area contributed by atoms with E-state index in [1.54, 1.807) is 6.20 Å². The van der Waals surface area contributed by atoms with Gasteiger partial charge in [-0.3, -0.25) is 4.79 Å². The van der Waals surface area contributed by atoms with Gasteiger partial charge < -0.3 is 9.64 Å². The minimum Gasteiger partial charge on any atom is -0.381 e. The van der Waals surface area contributed by atoms with E-state index in [2.05, 4.69) is 18.8 Å². The van der Waals surface area contributed by atoms with Crippen LogP contribution in [0, 0.1) is 11.8 Å². The molecule has 3 rings (SSSR count). The van der Waals surface area contributed by atoms with Crippen molar-refractivity contribution in [3.8, 4) is 0 Å². The zero-order valence-electron chi connectivity index (χ0n) is 11.8. The summed E-state index contributed by atoms with van der Waals surface area (Å²) in [6.07, 6.45) is 1.75. The number of hydrogen-bond acceptors (Lipinski definition) is 3. The number of ether oxygens (including phenoxy) is 1. The summed E-state index contributed by atoms with van der Waals surface area (Å²) in [7, 11) is 0. The SMILES string of the molecule is CC(C)c1cnc(C(=O)N2C[C@H]3COC[C@H]3C2)c(Cl)c1. The molecule has 2 fully saturated rings. The van der Waals surface area contributed by atoms with Crippen molar-refractivity contribution in [1.29, 1.82) is 0 Å². The van der Waals surface area contributed by atoms with Crippen molar-refractivity contribution in [2.24, 2.45) is 11.8 Å². The summed E-state index contributed by atoms with van der Waals surface area (Å²) in [5.41, 5.74) is 1.43. The van der Waals surface area contributed by atoms with Crippen molar-refractivity contribution in [2.45, 2.75) is 19.8 Å².